The van der Waals surface area contributed by atoms with Crippen LogP contribution in [0.25, 0.3) is 0 Å². The van der Waals surface area contributed by atoms with Gasteiger partial charge in [-0.1, -0.05) is 35.9 Å². The Bertz CT molecular complexity index is 776. The standard InChI is InChI=1S/C19H21ClN2OS/c1-12-8-9-13(10-15(12)20)21-18(24)22-16-11-19(2,3)23-17-7-5-4-6-14(16)17/h4-10,16H,11H2,1-3H3,(H2,21,22,24)/t16-/m1/s1. The molecule has 1 aliphatic heterocycles. The average Bonchev–Trinajstić information content (AvgIpc) is 2.50. The number of anilines is 1. The van der Waals surface area contributed by atoms with Crippen LogP contribution in [0.2, 0.25) is 5.02 Å². The summed E-state index contributed by atoms with van der Waals surface area (Å²) in [7, 11) is 0. The third-order valence-electron chi connectivity index (χ3n) is 4.11. The molecule has 0 fully saturated rings. The van der Waals surface area contributed by atoms with Gasteiger partial charge in [-0.15, -0.1) is 0 Å². The molecule has 1 atom stereocenters. The zero-order valence-electron chi connectivity index (χ0n) is 14.0. The van der Waals surface area contributed by atoms with Crippen molar-refractivity contribution < 1.29 is 4.74 Å². The van der Waals surface area contributed by atoms with E-state index in [9.17, 15) is 0 Å². The summed E-state index contributed by atoms with van der Waals surface area (Å²) in [5.74, 6) is 0.910. The Morgan fingerprint density at radius 1 is 1.25 bits per heavy atom. The first-order chi connectivity index (χ1) is 11.3. The summed E-state index contributed by atoms with van der Waals surface area (Å²) in [4.78, 5) is 0. The van der Waals surface area contributed by atoms with Crippen molar-refractivity contribution >= 4 is 34.6 Å². The van der Waals surface area contributed by atoms with Crippen LogP contribution in [0.5, 0.6) is 5.75 Å². The Kier molecular flexibility index (Phi) is 4.70. The Hall–Kier alpha value is -1.78. The second kappa shape index (κ2) is 6.61. The number of rotatable bonds is 2. The Labute approximate surface area is 153 Å². The van der Waals surface area contributed by atoms with Crippen molar-refractivity contribution in [3.05, 3.63) is 58.6 Å². The van der Waals surface area contributed by atoms with Gasteiger partial charge in [-0.25, -0.2) is 0 Å². The highest BCUT2D eigenvalue weighted by molar-refractivity contribution is 7.80. The fraction of sp³-hybridized carbons (Fsp3) is 0.316. The molecule has 0 amide bonds. The molecule has 0 saturated carbocycles. The van der Waals surface area contributed by atoms with Crippen LogP contribution < -0.4 is 15.4 Å². The summed E-state index contributed by atoms with van der Waals surface area (Å²) >= 11 is 11.7. The highest BCUT2D eigenvalue weighted by atomic mass is 35.5. The molecule has 0 aliphatic carbocycles. The molecule has 1 aliphatic rings. The third kappa shape index (κ3) is 3.82. The maximum atomic E-state index is 6.17. The summed E-state index contributed by atoms with van der Waals surface area (Å²) in [6, 6.07) is 14.0. The zero-order valence-corrected chi connectivity index (χ0v) is 15.6. The number of aryl methyl sites for hydroxylation is 1. The maximum Gasteiger partial charge on any atom is 0.171 e. The maximum absolute atomic E-state index is 6.17. The van der Waals surface area contributed by atoms with Gasteiger partial charge in [0.05, 0.1) is 6.04 Å². The molecule has 1 heterocycles. The van der Waals surface area contributed by atoms with Crippen LogP contribution in [0.1, 0.15) is 37.4 Å². The molecule has 0 bridgehead atoms. The number of para-hydroxylation sites is 1. The van der Waals surface area contributed by atoms with Crippen LogP contribution in [0.15, 0.2) is 42.5 Å². The summed E-state index contributed by atoms with van der Waals surface area (Å²) < 4.78 is 6.06. The Morgan fingerprint density at radius 3 is 2.75 bits per heavy atom. The fourth-order valence-electron chi connectivity index (χ4n) is 2.93. The first-order valence-electron chi connectivity index (χ1n) is 7.96. The fourth-order valence-corrected chi connectivity index (χ4v) is 3.37. The molecule has 126 valence electrons. The molecule has 0 saturated heterocycles. The summed E-state index contributed by atoms with van der Waals surface area (Å²) in [6.45, 7) is 6.16. The Balaban J connectivity index is 1.75. The van der Waals surface area contributed by atoms with Crippen LogP contribution >= 0.6 is 23.8 Å². The lowest BCUT2D eigenvalue weighted by Crippen LogP contribution is -2.42. The van der Waals surface area contributed by atoms with E-state index in [1.54, 1.807) is 0 Å². The third-order valence-corrected chi connectivity index (χ3v) is 4.74. The van der Waals surface area contributed by atoms with Crippen molar-refractivity contribution in [3.8, 4) is 5.75 Å². The summed E-state index contributed by atoms with van der Waals surface area (Å²) in [5, 5.41) is 7.92. The largest absolute Gasteiger partial charge is 0.487 e. The van der Waals surface area contributed by atoms with Gasteiger partial charge in [0.1, 0.15) is 11.4 Å². The topological polar surface area (TPSA) is 33.3 Å². The first-order valence-corrected chi connectivity index (χ1v) is 8.74. The lowest BCUT2D eigenvalue weighted by Gasteiger charge is -2.38. The molecule has 3 rings (SSSR count). The number of hydrogen-bond donors (Lipinski definition) is 2. The van der Waals surface area contributed by atoms with Gasteiger partial charge in [-0.3, -0.25) is 0 Å². The number of nitrogens with one attached hydrogen (secondary N) is 2. The highest BCUT2D eigenvalue weighted by Gasteiger charge is 2.33. The number of thiocarbonyl (C=S) groups is 1. The second-order valence-corrected chi connectivity index (χ2v) is 7.53. The van der Waals surface area contributed by atoms with Crippen molar-refractivity contribution in [2.24, 2.45) is 0 Å². The van der Waals surface area contributed by atoms with E-state index in [1.807, 2.05) is 43.3 Å². The minimum absolute atomic E-state index is 0.103. The van der Waals surface area contributed by atoms with E-state index in [0.717, 1.165) is 34.0 Å². The van der Waals surface area contributed by atoms with Crippen LogP contribution in [0, 0.1) is 6.92 Å². The molecule has 0 unspecified atom stereocenters. The number of fused-ring (bicyclic) bond motifs is 1. The first kappa shape index (κ1) is 17.1. The highest BCUT2D eigenvalue weighted by Crippen LogP contribution is 2.39. The predicted molar refractivity (Wildman–Crippen MR) is 104 cm³/mol. The molecule has 24 heavy (non-hydrogen) atoms. The number of hydrogen-bond acceptors (Lipinski definition) is 2. The van der Waals surface area contributed by atoms with E-state index in [1.165, 1.54) is 0 Å². The quantitative estimate of drug-likeness (QED) is 0.718. The van der Waals surface area contributed by atoms with E-state index >= 15 is 0 Å². The molecule has 0 spiro atoms. The van der Waals surface area contributed by atoms with Gasteiger partial charge in [0.25, 0.3) is 0 Å². The molecule has 0 aromatic heterocycles. The summed E-state index contributed by atoms with van der Waals surface area (Å²) in [5.41, 5.74) is 2.81. The minimum Gasteiger partial charge on any atom is -0.487 e. The zero-order chi connectivity index (χ0) is 17.3. The molecule has 2 N–H and O–H groups in total. The normalized spacial score (nSPS) is 18.2. The van der Waals surface area contributed by atoms with E-state index in [-0.39, 0.29) is 11.6 Å². The summed E-state index contributed by atoms with van der Waals surface area (Å²) in [6.07, 6.45) is 0.834. The van der Waals surface area contributed by atoms with Crippen molar-refractivity contribution in [1.29, 1.82) is 0 Å². The molecule has 2 aromatic rings. The number of ether oxygens (including phenoxy) is 1. The van der Waals surface area contributed by atoms with Crippen molar-refractivity contribution in [2.75, 3.05) is 5.32 Å². The second-order valence-electron chi connectivity index (χ2n) is 6.72. The average molecular weight is 361 g/mol. The van der Waals surface area contributed by atoms with Crippen molar-refractivity contribution in [2.45, 2.75) is 38.8 Å². The molecule has 0 radical (unpaired) electrons. The molecule has 5 heteroatoms. The van der Waals surface area contributed by atoms with E-state index < -0.39 is 0 Å². The van der Waals surface area contributed by atoms with Crippen molar-refractivity contribution in [1.82, 2.24) is 5.32 Å². The lowest BCUT2D eigenvalue weighted by molar-refractivity contribution is 0.0697. The number of benzene rings is 2. The molecular formula is C19H21ClN2OS. The van der Waals surface area contributed by atoms with Crippen LogP contribution in [0.3, 0.4) is 0 Å². The van der Waals surface area contributed by atoms with Gasteiger partial charge >= 0.3 is 0 Å². The Morgan fingerprint density at radius 2 is 2.00 bits per heavy atom. The van der Waals surface area contributed by atoms with Gasteiger partial charge in [-0.2, -0.15) is 0 Å². The smallest absolute Gasteiger partial charge is 0.171 e. The lowest BCUT2D eigenvalue weighted by atomic mass is 9.90. The van der Waals surface area contributed by atoms with Crippen molar-refractivity contribution in [3.63, 3.8) is 0 Å². The predicted octanol–water partition coefficient (Wildman–Crippen LogP) is 5.24. The van der Waals surface area contributed by atoms with Gasteiger partial charge in [0, 0.05) is 22.7 Å². The van der Waals surface area contributed by atoms with Crippen LogP contribution in [-0.2, 0) is 0 Å². The van der Waals surface area contributed by atoms with Gasteiger partial charge in [0.15, 0.2) is 5.11 Å². The van der Waals surface area contributed by atoms with Crippen LogP contribution in [0.4, 0.5) is 5.69 Å². The molecule has 3 nitrogen and oxygen atoms in total. The molecular weight excluding hydrogens is 340 g/mol. The number of halogens is 1. The van der Waals surface area contributed by atoms with Gasteiger partial charge in [-0.05, 0) is 56.8 Å². The monoisotopic (exact) mass is 360 g/mol. The van der Waals surface area contributed by atoms with Crippen LogP contribution in [-0.4, -0.2) is 10.7 Å². The SMILES string of the molecule is Cc1ccc(NC(=S)N[C@@H]2CC(C)(C)Oc3ccccc32)cc1Cl. The van der Waals surface area contributed by atoms with Gasteiger partial charge < -0.3 is 15.4 Å². The van der Waals surface area contributed by atoms with E-state index in [4.69, 9.17) is 28.6 Å². The molecule has 2 aromatic carbocycles. The minimum atomic E-state index is -0.241. The van der Waals surface area contributed by atoms with Gasteiger partial charge in [0.2, 0.25) is 0 Å². The van der Waals surface area contributed by atoms with E-state index in [2.05, 4.69) is 30.5 Å². The van der Waals surface area contributed by atoms with E-state index in [0.29, 0.717) is 5.11 Å².